The highest BCUT2D eigenvalue weighted by atomic mass is 16.5. The van der Waals surface area contributed by atoms with Crippen molar-refractivity contribution in [2.45, 2.75) is 33.7 Å². The van der Waals surface area contributed by atoms with Gasteiger partial charge >= 0.3 is 11.9 Å². The molecule has 0 aliphatic rings. The fourth-order valence-corrected chi connectivity index (χ4v) is 3.74. The fraction of sp³-hybridized carbons (Fsp3) is 0.259. The molecular formula is C27H29N3O6. The highest BCUT2D eigenvalue weighted by molar-refractivity contribution is 6.05. The Morgan fingerprint density at radius 2 is 1.58 bits per heavy atom. The number of carbonyl (C=O) groups excluding carboxylic acids is 4. The zero-order valence-electron chi connectivity index (χ0n) is 20.6. The van der Waals surface area contributed by atoms with Gasteiger partial charge in [-0.2, -0.15) is 0 Å². The molecule has 0 aliphatic carbocycles. The van der Waals surface area contributed by atoms with E-state index in [1.807, 2.05) is 37.3 Å². The molecule has 2 amide bonds. The van der Waals surface area contributed by atoms with Crippen molar-refractivity contribution < 1.29 is 28.7 Å². The van der Waals surface area contributed by atoms with E-state index in [0.717, 1.165) is 5.56 Å². The molecule has 3 rings (SSSR count). The summed E-state index contributed by atoms with van der Waals surface area (Å²) in [5.41, 5.74) is 2.68. The Bertz CT molecular complexity index is 1270. The molecule has 0 unspecified atom stereocenters. The fourth-order valence-electron chi connectivity index (χ4n) is 3.74. The lowest BCUT2D eigenvalue weighted by Crippen LogP contribution is -2.28. The van der Waals surface area contributed by atoms with Gasteiger partial charge in [0.25, 0.3) is 11.8 Å². The molecule has 9 nitrogen and oxygen atoms in total. The third kappa shape index (κ3) is 6.18. The van der Waals surface area contributed by atoms with E-state index in [0.29, 0.717) is 11.3 Å². The van der Waals surface area contributed by atoms with Gasteiger partial charge in [0.15, 0.2) is 6.61 Å². The normalized spacial score (nSPS) is 11.3. The van der Waals surface area contributed by atoms with Crippen molar-refractivity contribution in [2.24, 2.45) is 0 Å². The molecule has 1 heterocycles. The largest absolute Gasteiger partial charge is 0.462 e. The van der Waals surface area contributed by atoms with Crippen LogP contribution in [0.1, 0.15) is 67.9 Å². The van der Waals surface area contributed by atoms with Gasteiger partial charge in [0.05, 0.1) is 29.5 Å². The number of benzene rings is 2. The van der Waals surface area contributed by atoms with Crippen molar-refractivity contribution in [3.63, 3.8) is 0 Å². The molecule has 1 atom stereocenters. The monoisotopic (exact) mass is 491 g/mol. The van der Waals surface area contributed by atoms with Gasteiger partial charge in [0.1, 0.15) is 5.69 Å². The first kappa shape index (κ1) is 26.2. The number of carbonyl (C=O) groups is 4. The van der Waals surface area contributed by atoms with Crippen LogP contribution in [0.15, 0.2) is 54.6 Å². The standard InChI is InChI=1S/C27H29N3O6/c1-5-35-26(33)23-16(2)24(28-18(23)4)27(34)36-15-22(31)30-21-14-10-9-13-20(21)25(32)29-17(3)19-11-7-6-8-12-19/h6-14,17,28H,5,15H2,1-4H3,(H,29,32)(H,30,31)/t17-/m1/s1. The van der Waals surface area contributed by atoms with E-state index in [9.17, 15) is 19.2 Å². The SMILES string of the molecule is CCOC(=O)c1c(C)[nH]c(C(=O)OCC(=O)Nc2ccccc2C(=O)N[C@H](C)c2ccccc2)c1C. The minimum atomic E-state index is -0.788. The van der Waals surface area contributed by atoms with Gasteiger partial charge in [-0.15, -0.1) is 0 Å². The first-order valence-corrected chi connectivity index (χ1v) is 11.5. The van der Waals surface area contributed by atoms with Crippen molar-refractivity contribution in [3.05, 3.63) is 88.2 Å². The minimum absolute atomic E-state index is 0.0676. The predicted octanol–water partition coefficient (Wildman–Crippen LogP) is 4.09. The van der Waals surface area contributed by atoms with E-state index >= 15 is 0 Å². The summed E-state index contributed by atoms with van der Waals surface area (Å²) in [7, 11) is 0. The van der Waals surface area contributed by atoms with Crippen LogP contribution in [-0.4, -0.2) is 42.0 Å². The number of aryl methyl sites for hydroxylation is 1. The van der Waals surface area contributed by atoms with Gasteiger partial charge in [-0.25, -0.2) is 9.59 Å². The highest BCUT2D eigenvalue weighted by Crippen LogP contribution is 2.21. The van der Waals surface area contributed by atoms with Gasteiger partial charge in [-0.3, -0.25) is 9.59 Å². The maximum absolute atomic E-state index is 12.9. The summed E-state index contributed by atoms with van der Waals surface area (Å²) in [5.74, 6) is -2.31. The summed E-state index contributed by atoms with van der Waals surface area (Å²) < 4.78 is 10.2. The molecule has 2 aromatic carbocycles. The van der Waals surface area contributed by atoms with E-state index in [2.05, 4.69) is 15.6 Å². The Labute approximate surface area is 209 Å². The van der Waals surface area contributed by atoms with Crippen molar-refractivity contribution in [3.8, 4) is 0 Å². The smallest absolute Gasteiger partial charge is 0.355 e. The van der Waals surface area contributed by atoms with Crippen LogP contribution < -0.4 is 10.6 Å². The van der Waals surface area contributed by atoms with Gasteiger partial charge in [0, 0.05) is 5.69 Å². The van der Waals surface area contributed by atoms with E-state index in [1.165, 1.54) is 0 Å². The summed E-state index contributed by atoms with van der Waals surface area (Å²) in [5, 5.41) is 5.53. The van der Waals surface area contributed by atoms with Gasteiger partial charge in [0.2, 0.25) is 0 Å². The number of amides is 2. The molecule has 0 bridgehead atoms. The number of aromatic amines is 1. The van der Waals surface area contributed by atoms with Crippen molar-refractivity contribution in [1.29, 1.82) is 0 Å². The Morgan fingerprint density at radius 3 is 2.28 bits per heavy atom. The third-order valence-electron chi connectivity index (χ3n) is 5.55. The lowest BCUT2D eigenvalue weighted by atomic mass is 10.1. The number of esters is 2. The molecule has 9 heteroatoms. The second-order valence-corrected chi connectivity index (χ2v) is 8.12. The van der Waals surface area contributed by atoms with E-state index < -0.39 is 24.5 Å². The molecule has 0 saturated heterocycles. The number of ether oxygens (including phenoxy) is 2. The molecule has 188 valence electrons. The number of hydrogen-bond donors (Lipinski definition) is 3. The van der Waals surface area contributed by atoms with E-state index in [-0.39, 0.29) is 41.1 Å². The number of rotatable bonds is 9. The first-order chi connectivity index (χ1) is 17.2. The van der Waals surface area contributed by atoms with Gasteiger partial charge in [-0.1, -0.05) is 42.5 Å². The van der Waals surface area contributed by atoms with E-state index in [4.69, 9.17) is 9.47 Å². The van der Waals surface area contributed by atoms with Crippen LogP contribution in [0.2, 0.25) is 0 Å². The van der Waals surface area contributed by atoms with Gasteiger partial charge < -0.3 is 25.1 Å². The molecule has 3 aromatic rings. The van der Waals surface area contributed by atoms with Crippen LogP contribution >= 0.6 is 0 Å². The zero-order valence-corrected chi connectivity index (χ0v) is 20.6. The van der Waals surface area contributed by atoms with Crippen molar-refractivity contribution >= 4 is 29.4 Å². The summed E-state index contributed by atoms with van der Waals surface area (Å²) in [6, 6.07) is 15.8. The summed E-state index contributed by atoms with van der Waals surface area (Å²) >= 11 is 0. The quantitative estimate of drug-likeness (QED) is 0.387. The Morgan fingerprint density at radius 1 is 0.917 bits per heavy atom. The molecule has 1 aromatic heterocycles. The molecular weight excluding hydrogens is 462 g/mol. The summed E-state index contributed by atoms with van der Waals surface area (Å²) in [4.78, 5) is 52.9. The second-order valence-electron chi connectivity index (χ2n) is 8.12. The predicted molar refractivity (Wildman–Crippen MR) is 134 cm³/mol. The molecule has 0 spiro atoms. The average Bonchev–Trinajstić information content (AvgIpc) is 3.17. The van der Waals surface area contributed by atoms with Crippen molar-refractivity contribution in [1.82, 2.24) is 10.3 Å². The summed E-state index contributed by atoms with van der Waals surface area (Å²) in [6.45, 7) is 6.41. The van der Waals surface area contributed by atoms with E-state index in [1.54, 1.807) is 45.0 Å². The Hall–Kier alpha value is -4.40. The van der Waals surface area contributed by atoms with Gasteiger partial charge in [-0.05, 0) is 51.0 Å². The molecule has 0 radical (unpaired) electrons. The molecule has 0 fully saturated rings. The maximum Gasteiger partial charge on any atom is 0.355 e. The summed E-state index contributed by atoms with van der Waals surface area (Å²) in [6.07, 6.45) is 0. The topological polar surface area (TPSA) is 127 Å². The van der Waals surface area contributed by atoms with Crippen LogP contribution in [0.5, 0.6) is 0 Å². The molecule has 0 saturated carbocycles. The molecule has 36 heavy (non-hydrogen) atoms. The second kappa shape index (κ2) is 11.8. The number of para-hydroxylation sites is 1. The van der Waals surface area contributed by atoms with Crippen molar-refractivity contribution in [2.75, 3.05) is 18.5 Å². The average molecular weight is 492 g/mol. The lowest BCUT2D eigenvalue weighted by Gasteiger charge is -2.16. The van der Waals surface area contributed by atoms with Crippen LogP contribution in [-0.2, 0) is 14.3 Å². The minimum Gasteiger partial charge on any atom is -0.462 e. The van der Waals surface area contributed by atoms with Crippen LogP contribution in [0.4, 0.5) is 5.69 Å². The number of aromatic nitrogens is 1. The third-order valence-corrected chi connectivity index (χ3v) is 5.55. The maximum atomic E-state index is 12.9. The number of nitrogens with one attached hydrogen (secondary N) is 3. The molecule has 0 aliphatic heterocycles. The lowest BCUT2D eigenvalue weighted by molar-refractivity contribution is -0.119. The van der Waals surface area contributed by atoms with Crippen LogP contribution in [0, 0.1) is 13.8 Å². The Kier molecular flexibility index (Phi) is 8.61. The highest BCUT2D eigenvalue weighted by Gasteiger charge is 2.24. The zero-order chi connectivity index (χ0) is 26.2. The van der Waals surface area contributed by atoms with Crippen LogP contribution in [0.3, 0.4) is 0 Å². The van der Waals surface area contributed by atoms with Crippen LogP contribution in [0.25, 0.3) is 0 Å². The Balaban J connectivity index is 1.63. The number of hydrogen-bond acceptors (Lipinski definition) is 6. The number of H-pyrrole nitrogens is 1. The number of anilines is 1. The molecule has 3 N–H and O–H groups in total. The first-order valence-electron chi connectivity index (χ1n) is 11.5.